The van der Waals surface area contributed by atoms with Crippen molar-refractivity contribution in [3.63, 3.8) is 0 Å². The number of hydrogen-bond acceptors (Lipinski definition) is 4. The lowest BCUT2D eigenvalue weighted by molar-refractivity contribution is 0.681. The summed E-state index contributed by atoms with van der Waals surface area (Å²) in [5.41, 5.74) is 6.92. The minimum atomic E-state index is 0.504. The van der Waals surface area contributed by atoms with Crippen LogP contribution in [0, 0.1) is 0 Å². The largest absolute Gasteiger partial charge is 0.357 e. The van der Waals surface area contributed by atoms with E-state index in [0.29, 0.717) is 6.04 Å². The monoisotopic (exact) mass is 233 g/mol. The van der Waals surface area contributed by atoms with Gasteiger partial charge in [-0.3, -0.25) is 0 Å². The molecule has 2 aromatic rings. The Morgan fingerprint density at radius 3 is 3.19 bits per heavy atom. The summed E-state index contributed by atoms with van der Waals surface area (Å²) in [7, 11) is 0. The lowest BCUT2D eigenvalue weighted by Crippen LogP contribution is -2.34. The first-order valence-corrected chi connectivity index (χ1v) is 6.48. The average Bonchev–Trinajstić information content (AvgIpc) is 2.94. The van der Waals surface area contributed by atoms with Gasteiger partial charge in [0, 0.05) is 24.5 Å². The molecule has 0 radical (unpaired) electrons. The van der Waals surface area contributed by atoms with Gasteiger partial charge in [0.05, 0.1) is 5.52 Å². The number of anilines is 1. The molecule has 1 unspecified atom stereocenters. The summed E-state index contributed by atoms with van der Waals surface area (Å²) in [5, 5.41) is 2.57. The Morgan fingerprint density at radius 2 is 2.31 bits per heavy atom. The van der Waals surface area contributed by atoms with Crippen LogP contribution in [0.5, 0.6) is 0 Å². The van der Waals surface area contributed by atoms with Crippen LogP contribution in [0.2, 0.25) is 0 Å². The molecular weight excluding hydrogens is 218 g/mol. The molecule has 2 heterocycles. The van der Waals surface area contributed by atoms with Gasteiger partial charge in [-0.25, -0.2) is 0 Å². The fourth-order valence-electron chi connectivity index (χ4n) is 2.43. The number of nitrogens with zero attached hydrogens (tertiary/aromatic N) is 2. The van der Waals surface area contributed by atoms with Crippen LogP contribution in [0.15, 0.2) is 24.3 Å². The molecule has 1 aliphatic rings. The van der Waals surface area contributed by atoms with Crippen molar-refractivity contribution in [2.24, 2.45) is 5.73 Å². The van der Waals surface area contributed by atoms with Gasteiger partial charge in [0.2, 0.25) is 0 Å². The fourth-order valence-corrected chi connectivity index (χ4v) is 3.39. The van der Waals surface area contributed by atoms with Gasteiger partial charge < -0.3 is 10.6 Å². The Morgan fingerprint density at radius 1 is 1.44 bits per heavy atom. The van der Waals surface area contributed by atoms with E-state index < -0.39 is 0 Å². The highest BCUT2D eigenvalue weighted by Crippen LogP contribution is 2.35. The molecule has 1 aliphatic heterocycles. The van der Waals surface area contributed by atoms with E-state index in [1.54, 1.807) is 11.5 Å². The van der Waals surface area contributed by atoms with Crippen molar-refractivity contribution in [3.8, 4) is 0 Å². The molecule has 4 heteroatoms. The van der Waals surface area contributed by atoms with Gasteiger partial charge in [0.15, 0.2) is 0 Å². The lowest BCUT2D eigenvalue weighted by atomic mass is 10.2. The lowest BCUT2D eigenvalue weighted by Gasteiger charge is -2.23. The molecule has 1 atom stereocenters. The number of benzene rings is 1. The number of hydrogen-bond donors (Lipinski definition) is 1. The maximum absolute atomic E-state index is 5.82. The molecule has 0 spiro atoms. The first kappa shape index (κ1) is 10.1. The van der Waals surface area contributed by atoms with E-state index in [1.807, 2.05) is 6.07 Å². The van der Waals surface area contributed by atoms with Gasteiger partial charge >= 0.3 is 0 Å². The van der Waals surface area contributed by atoms with Crippen LogP contribution in [-0.4, -0.2) is 23.5 Å². The molecule has 16 heavy (non-hydrogen) atoms. The van der Waals surface area contributed by atoms with Gasteiger partial charge in [0.1, 0.15) is 5.00 Å². The third kappa shape index (κ3) is 1.49. The standard InChI is InChI=1S/C12H15N3S/c13-8-9-4-3-7-15(9)12-10-5-1-2-6-11(10)14-16-12/h1-2,5-6,9H,3-4,7-8,13H2. The fraction of sp³-hybridized carbons (Fsp3) is 0.417. The van der Waals surface area contributed by atoms with Crippen LogP contribution in [-0.2, 0) is 0 Å². The zero-order chi connectivity index (χ0) is 11.0. The Kier molecular flexibility index (Phi) is 2.53. The van der Waals surface area contributed by atoms with Crippen molar-refractivity contribution in [1.29, 1.82) is 0 Å². The van der Waals surface area contributed by atoms with Crippen LogP contribution < -0.4 is 10.6 Å². The van der Waals surface area contributed by atoms with Crippen molar-refractivity contribution in [3.05, 3.63) is 24.3 Å². The predicted octanol–water partition coefficient (Wildman–Crippen LogP) is 2.22. The zero-order valence-corrected chi connectivity index (χ0v) is 9.91. The molecule has 84 valence electrons. The quantitative estimate of drug-likeness (QED) is 0.865. The summed E-state index contributed by atoms with van der Waals surface area (Å²) in [4.78, 5) is 2.43. The number of aromatic nitrogens is 1. The average molecular weight is 233 g/mol. The van der Waals surface area contributed by atoms with Gasteiger partial charge in [-0.15, -0.1) is 0 Å². The molecule has 0 saturated carbocycles. The van der Waals surface area contributed by atoms with E-state index in [9.17, 15) is 0 Å². The second-order valence-corrected chi connectivity index (χ2v) is 4.98. The first-order valence-electron chi connectivity index (χ1n) is 5.71. The van der Waals surface area contributed by atoms with Gasteiger partial charge in [-0.2, -0.15) is 4.37 Å². The SMILES string of the molecule is NCC1CCCN1c1snc2ccccc12. The molecule has 0 bridgehead atoms. The van der Waals surface area contributed by atoms with Crippen LogP contribution >= 0.6 is 11.5 Å². The molecule has 1 aromatic carbocycles. The third-order valence-corrected chi connectivity index (χ3v) is 4.19. The predicted molar refractivity (Wildman–Crippen MR) is 69.0 cm³/mol. The molecule has 0 aliphatic carbocycles. The second kappa shape index (κ2) is 4.03. The van der Waals surface area contributed by atoms with Crippen LogP contribution in [0.4, 0.5) is 5.00 Å². The van der Waals surface area contributed by atoms with E-state index >= 15 is 0 Å². The van der Waals surface area contributed by atoms with Crippen molar-refractivity contribution in [2.45, 2.75) is 18.9 Å². The van der Waals surface area contributed by atoms with Crippen molar-refractivity contribution < 1.29 is 0 Å². The van der Waals surface area contributed by atoms with E-state index in [2.05, 4.69) is 27.5 Å². The highest BCUT2D eigenvalue weighted by molar-refractivity contribution is 7.11. The Hall–Kier alpha value is -1.13. The van der Waals surface area contributed by atoms with Crippen LogP contribution in [0.25, 0.3) is 10.9 Å². The molecule has 1 aromatic heterocycles. The van der Waals surface area contributed by atoms with E-state index in [1.165, 1.54) is 23.2 Å². The molecule has 3 nitrogen and oxygen atoms in total. The third-order valence-electron chi connectivity index (χ3n) is 3.27. The van der Waals surface area contributed by atoms with Crippen molar-refractivity contribution in [1.82, 2.24) is 4.37 Å². The summed E-state index contributed by atoms with van der Waals surface area (Å²) in [5.74, 6) is 0. The van der Waals surface area contributed by atoms with E-state index in [-0.39, 0.29) is 0 Å². The number of nitrogens with two attached hydrogens (primary N) is 1. The van der Waals surface area contributed by atoms with Crippen LogP contribution in [0.3, 0.4) is 0 Å². The Bertz CT molecular complexity index is 494. The smallest absolute Gasteiger partial charge is 0.120 e. The van der Waals surface area contributed by atoms with E-state index in [0.717, 1.165) is 18.6 Å². The molecular formula is C12H15N3S. The molecule has 0 amide bonds. The topological polar surface area (TPSA) is 42.1 Å². The molecule has 2 N–H and O–H groups in total. The summed E-state index contributed by atoms with van der Waals surface area (Å²) in [6.07, 6.45) is 2.46. The highest BCUT2D eigenvalue weighted by atomic mass is 32.1. The van der Waals surface area contributed by atoms with Crippen molar-refractivity contribution in [2.75, 3.05) is 18.0 Å². The van der Waals surface area contributed by atoms with Crippen molar-refractivity contribution >= 4 is 27.4 Å². The van der Waals surface area contributed by atoms with Gasteiger partial charge in [-0.05, 0) is 36.5 Å². The number of fused-ring (bicyclic) bond motifs is 1. The molecule has 3 rings (SSSR count). The van der Waals surface area contributed by atoms with E-state index in [4.69, 9.17) is 5.73 Å². The van der Waals surface area contributed by atoms with Crippen LogP contribution in [0.1, 0.15) is 12.8 Å². The first-order chi connectivity index (χ1) is 7.90. The molecule has 1 saturated heterocycles. The number of rotatable bonds is 2. The Balaban J connectivity index is 2.05. The zero-order valence-electron chi connectivity index (χ0n) is 9.10. The Labute approximate surface area is 99.0 Å². The normalized spacial score (nSPS) is 20.8. The molecule has 1 fully saturated rings. The summed E-state index contributed by atoms with van der Waals surface area (Å²) in [6.45, 7) is 1.86. The summed E-state index contributed by atoms with van der Waals surface area (Å²) < 4.78 is 4.49. The summed E-state index contributed by atoms with van der Waals surface area (Å²) in [6, 6.07) is 8.84. The van der Waals surface area contributed by atoms with Gasteiger partial charge in [0.25, 0.3) is 0 Å². The minimum absolute atomic E-state index is 0.504. The summed E-state index contributed by atoms with van der Waals surface area (Å²) >= 11 is 1.60. The second-order valence-electron chi connectivity index (χ2n) is 4.23. The maximum atomic E-state index is 5.82. The van der Waals surface area contributed by atoms with Gasteiger partial charge in [-0.1, -0.05) is 12.1 Å². The maximum Gasteiger partial charge on any atom is 0.120 e. The minimum Gasteiger partial charge on any atom is -0.357 e. The highest BCUT2D eigenvalue weighted by Gasteiger charge is 2.26.